The number of carbonyl (C=O) groups is 3. The zero-order valence-corrected chi connectivity index (χ0v) is 19.7. The molecule has 0 saturated heterocycles. The quantitative estimate of drug-likeness (QED) is 0.513. The van der Waals surface area contributed by atoms with Crippen LogP contribution < -0.4 is 10.6 Å². The van der Waals surface area contributed by atoms with Crippen LogP contribution in [0.3, 0.4) is 0 Å². The molecule has 1 fully saturated rings. The number of nitrogens with one attached hydrogen (secondary N) is 2. The number of rotatable bonds is 9. The molecule has 4 rings (SSSR count). The van der Waals surface area contributed by atoms with Crippen molar-refractivity contribution in [1.82, 2.24) is 10.6 Å². The van der Waals surface area contributed by atoms with Gasteiger partial charge in [0.2, 0.25) is 5.91 Å². The number of hydrogen-bond donors (Lipinski definition) is 3. The predicted octanol–water partition coefficient (Wildman–Crippen LogP) is 4.31. The van der Waals surface area contributed by atoms with Crippen molar-refractivity contribution in [3.63, 3.8) is 0 Å². The van der Waals surface area contributed by atoms with Crippen molar-refractivity contribution in [2.75, 3.05) is 19.7 Å². The largest absolute Gasteiger partial charge is 0.481 e. The number of fused-ring (bicyclic) bond motifs is 3. The lowest BCUT2D eigenvalue weighted by atomic mass is 9.68. The van der Waals surface area contributed by atoms with E-state index in [1.165, 1.54) is 11.1 Å². The smallest absolute Gasteiger partial charge is 0.407 e. The Morgan fingerprint density at radius 1 is 1.00 bits per heavy atom. The lowest BCUT2D eigenvalue weighted by molar-refractivity contribution is -0.154. The first-order valence-electron chi connectivity index (χ1n) is 11.8. The van der Waals surface area contributed by atoms with Crippen LogP contribution in [0, 0.1) is 10.8 Å². The van der Waals surface area contributed by atoms with Gasteiger partial charge >= 0.3 is 12.1 Å². The van der Waals surface area contributed by atoms with Gasteiger partial charge in [-0.25, -0.2) is 4.79 Å². The van der Waals surface area contributed by atoms with Crippen molar-refractivity contribution in [2.45, 2.75) is 45.4 Å². The number of amides is 2. The Morgan fingerprint density at radius 2 is 1.59 bits per heavy atom. The van der Waals surface area contributed by atoms with Crippen molar-refractivity contribution in [3.8, 4) is 11.1 Å². The van der Waals surface area contributed by atoms with Gasteiger partial charge in [0.1, 0.15) is 6.61 Å². The minimum absolute atomic E-state index is 0.00608. The van der Waals surface area contributed by atoms with E-state index in [0.29, 0.717) is 19.3 Å². The average Bonchev–Trinajstić information content (AvgIpc) is 3.10. The third-order valence-corrected chi connectivity index (χ3v) is 7.33. The molecule has 2 amide bonds. The fourth-order valence-electron chi connectivity index (χ4n) is 4.80. The van der Waals surface area contributed by atoms with Crippen LogP contribution in [0.1, 0.15) is 56.6 Å². The Labute approximate surface area is 199 Å². The van der Waals surface area contributed by atoms with E-state index in [2.05, 4.69) is 34.9 Å². The Bertz CT molecular complexity index is 1040. The predicted molar refractivity (Wildman–Crippen MR) is 128 cm³/mol. The first-order valence-corrected chi connectivity index (χ1v) is 11.8. The van der Waals surface area contributed by atoms with Crippen LogP contribution in [0.4, 0.5) is 4.79 Å². The molecule has 7 nitrogen and oxygen atoms in total. The summed E-state index contributed by atoms with van der Waals surface area (Å²) in [5.74, 6) is -1.07. The van der Waals surface area contributed by atoms with Gasteiger partial charge in [-0.05, 0) is 41.5 Å². The van der Waals surface area contributed by atoms with Crippen LogP contribution >= 0.6 is 0 Å². The molecular formula is C27H32N2O5. The first kappa shape index (κ1) is 23.8. The van der Waals surface area contributed by atoms with Gasteiger partial charge in [0, 0.05) is 24.4 Å². The Hall–Kier alpha value is -3.35. The number of carboxylic acids is 1. The van der Waals surface area contributed by atoms with E-state index in [0.717, 1.165) is 17.5 Å². The van der Waals surface area contributed by atoms with E-state index in [-0.39, 0.29) is 31.5 Å². The fraction of sp³-hybridized carbons (Fsp3) is 0.444. The highest BCUT2D eigenvalue weighted by atomic mass is 16.5. The summed E-state index contributed by atoms with van der Waals surface area (Å²) in [4.78, 5) is 36.5. The Morgan fingerprint density at radius 3 is 2.12 bits per heavy atom. The minimum Gasteiger partial charge on any atom is -0.481 e. The molecule has 2 aliphatic rings. The molecule has 34 heavy (non-hydrogen) atoms. The monoisotopic (exact) mass is 464 g/mol. The van der Waals surface area contributed by atoms with Gasteiger partial charge in [0.15, 0.2) is 0 Å². The number of benzene rings is 2. The topological polar surface area (TPSA) is 105 Å². The first-order chi connectivity index (χ1) is 16.2. The highest BCUT2D eigenvalue weighted by Crippen LogP contribution is 2.44. The summed E-state index contributed by atoms with van der Waals surface area (Å²) < 4.78 is 5.54. The van der Waals surface area contributed by atoms with Crippen molar-refractivity contribution in [1.29, 1.82) is 0 Å². The lowest BCUT2D eigenvalue weighted by Crippen LogP contribution is -2.50. The van der Waals surface area contributed by atoms with Crippen LogP contribution in [0.2, 0.25) is 0 Å². The normalized spacial score (nSPS) is 16.1. The second-order valence-corrected chi connectivity index (χ2v) is 10.0. The molecular weight excluding hydrogens is 432 g/mol. The van der Waals surface area contributed by atoms with Crippen LogP contribution in [-0.4, -0.2) is 42.8 Å². The zero-order chi connectivity index (χ0) is 24.3. The summed E-state index contributed by atoms with van der Waals surface area (Å²) in [6.07, 6.45) is 1.94. The summed E-state index contributed by atoms with van der Waals surface area (Å²) in [5, 5.41) is 15.0. The fourth-order valence-corrected chi connectivity index (χ4v) is 4.80. The molecule has 0 atom stereocenters. The van der Waals surface area contributed by atoms with E-state index >= 15 is 0 Å². The third-order valence-electron chi connectivity index (χ3n) is 7.33. The zero-order valence-electron chi connectivity index (χ0n) is 19.7. The molecule has 2 aromatic rings. The van der Waals surface area contributed by atoms with Crippen molar-refractivity contribution in [2.24, 2.45) is 10.8 Å². The van der Waals surface area contributed by atoms with E-state index in [1.807, 2.05) is 24.3 Å². The van der Waals surface area contributed by atoms with Crippen LogP contribution in [0.25, 0.3) is 11.1 Å². The van der Waals surface area contributed by atoms with Gasteiger partial charge in [-0.15, -0.1) is 0 Å². The maximum atomic E-state index is 12.6. The number of alkyl carbamates (subject to hydrolysis) is 1. The minimum atomic E-state index is -0.853. The van der Waals surface area contributed by atoms with Gasteiger partial charge in [0.25, 0.3) is 0 Å². The number of carbonyl (C=O) groups excluding carboxylic acids is 2. The molecule has 0 radical (unpaired) electrons. The maximum absolute atomic E-state index is 12.6. The summed E-state index contributed by atoms with van der Waals surface area (Å²) in [7, 11) is 0. The molecule has 2 aromatic carbocycles. The van der Waals surface area contributed by atoms with Crippen molar-refractivity contribution in [3.05, 3.63) is 59.7 Å². The molecule has 0 unspecified atom stereocenters. The molecule has 0 bridgehead atoms. The molecule has 1 saturated carbocycles. The second kappa shape index (κ2) is 9.49. The van der Waals surface area contributed by atoms with E-state index in [9.17, 15) is 19.5 Å². The van der Waals surface area contributed by atoms with Gasteiger partial charge in [-0.1, -0.05) is 68.8 Å². The summed E-state index contributed by atoms with van der Waals surface area (Å²) in [5.41, 5.74) is 3.07. The van der Waals surface area contributed by atoms with Gasteiger partial charge in [-0.2, -0.15) is 0 Å². The van der Waals surface area contributed by atoms with E-state index in [4.69, 9.17) is 4.74 Å². The van der Waals surface area contributed by atoms with Gasteiger partial charge < -0.3 is 20.5 Å². The van der Waals surface area contributed by atoms with E-state index < -0.39 is 22.9 Å². The van der Waals surface area contributed by atoms with Crippen LogP contribution in [0.5, 0.6) is 0 Å². The van der Waals surface area contributed by atoms with Crippen LogP contribution in [0.15, 0.2) is 48.5 Å². The highest BCUT2D eigenvalue weighted by molar-refractivity contribution is 5.83. The van der Waals surface area contributed by atoms with Crippen molar-refractivity contribution < 1.29 is 24.2 Å². The SMILES string of the molecule is CC(C)(CCNC(=O)OCC1c2ccccc2-c2ccccc21)C(=O)NCC1(C(=O)O)CCC1. The molecule has 2 aliphatic carbocycles. The average molecular weight is 465 g/mol. The van der Waals surface area contributed by atoms with Gasteiger partial charge in [-0.3, -0.25) is 9.59 Å². The third kappa shape index (κ3) is 4.65. The summed E-state index contributed by atoms with van der Waals surface area (Å²) in [6, 6.07) is 16.3. The summed E-state index contributed by atoms with van der Waals surface area (Å²) in [6.45, 7) is 4.23. The number of ether oxygens (including phenoxy) is 1. The molecule has 3 N–H and O–H groups in total. The Kier molecular flexibility index (Phi) is 6.64. The lowest BCUT2D eigenvalue weighted by Gasteiger charge is -2.38. The molecule has 0 spiro atoms. The molecule has 180 valence electrons. The molecule has 7 heteroatoms. The summed E-state index contributed by atoms with van der Waals surface area (Å²) >= 11 is 0. The number of carboxylic acid groups (broad SMARTS) is 1. The maximum Gasteiger partial charge on any atom is 0.407 e. The highest BCUT2D eigenvalue weighted by Gasteiger charge is 2.45. The molecule has 0 aromatic heterocycles. The van der Waals surface area contributed by atoms with Crippen molar-refractivity contribution >= 4 is 18.0 Å². The number of hydrogen-bond acceptors (Lipinski definition) is 4. The Balaban J connectivity index is 1.24. The number of aliphatic carboxylic acids is 1. The molecule has 0 heterocycles. The van der Waals surface area contributed by atoms with Crippen LogP contribution in [-0.2, 0) is 14.3 Å². The van der Waals surface area contributed by atoms with E-state index in [1.54, 1.807) is 13.8 Å². The molecule has 0 aliphatic heterocycles. The van der Waals surface area contributed by atoms with Gasteiger partial charge in [0.05, 0.1) is 5.41 Å². The second-order valence-electron chi connectivity index (χ2n) is 10.0. The standard InChI is InChI=1S/C27H32N2O5/c1-26(2,23(30)29-17-27(24(31)32)12-7-13-27)14-15-28-25(33)34-16-22-20-10-5-3-8-18(20)19-9-4-6-11-21(19)22/h3-6,8-11,22H,7,12-17H2,1-2H3,(H,28,33)(H,29,30)(H,31,32).